The first-order valence-electron chi connectivity index (χ1n) is 6.36. The van der Waals surface area contributed by atoms with Gasteiger partial charge in [-0.1, -0.05) is 23.5 Å². The van der Waals surface area contributed by atoms with Crippen LogP contribution in [0.2, 0.25) is 0 Å². The number of aromatic nitrogens is 2. The first-order valence-corrected chi connectivity index (χ1v) is 7.18. The van der Waals surface area contributed by atoms with E-state index in [4.69, 9.17) is 9.47 Å². The van der Waals surface area contributed by atoms with E-state index >= 15 is 0 Å². The molecule has 0 bridgehead atoms. The van der Waals surface area contributed by atoms with Crippen LogP contribution in [-0.2, 0) is 11.3 Å². The molecular weight excluding hydrogens is 288 g/mol. The Hall–Kier alpha value is -1.89. The lowest BCUT2D eigenvalue weighted by Gasteiger charge is -2.11. The first-order chi connectivity index (χ1) is 10.1. The summed E-state index contributed by atoms with van der Waals surface area (Å²) in [6.45, 7) is 3.93. The van der Waals surface area contributed by atoms with E-state index in [0.717, 1.165) is 34.1 Å². The third-order valence-corrected chi connectivity index (χ3v) is 3.30. The Morgan fingerprint density at radius 2 is 1.76 bits per heavy atom. The Morgan fingerprint density at radius 1 is 1.14 bits per heavy atom. The van der Waals surface area contributed by atoms with Gasteiger partial charge in [-0.25, -0.2) is 9.97 Å². The molecular formula is C15H16N2O3S-. The molecule has 21 heavy (non-hydrogen) atoms. The van der Waals surface area contributed by atoms with Gasteiger partial charge in [-0.2, -0.15) is 0 Å². The standard InChI is InChI=1S/C15H17N2O3S/c1-10-8-11(2)17-14(16-10)21-15(18)20-9-12-4-6-13(19-3)7-5-12/h4-8,18H,9H2,1-3H3/p-1. The second-order valence-corrected chi connectivity index (χ2v) is 5.32. The monoisotopic (exact) mass is 304 g/mol. The highest BCUT2D eigenvalue weighted by Gasteiger charge is 1.98. The molecule has 0 N–H and O–H groups in total. The summed E-state index contributed by atoms with van der Waals surface area (Å²) < 4.78 is 10.3. The summed E-state index contributed by atoms with van der Waals surface area (Å²) in [6, 6.07) is 9.20. The van der Waals surface area contributed by atoms with E-state index in [-0.39, 0.29) is 6.61 Å². The number of methoxy groups -OCH3 is 1. The van der Waals surface area contributed by atoms with Crippen molar-refractivity contribution in [2.75, 3.05) is 7.11 Å². The van der Waals surface area contributed by atoms with Crippen LogP contribution in [0.4, 0.5) is 0 Å². The predicted molar refractivity (Wildman–Crippen MR) is 80.2 cm³/mol. The molecule has 1 heterocycles. The van der Waals surface area contributed by atoms with E-state index < -0.39 is 5.24 Å². The van der Waals surface area contributed by atoms with E-state index in [1.54, 1.807) is 7.11 Å². The van der Waals surface area contributed by atoms with Crippen LogP contribution in [0.3, 0.4) is 0 Å². The molecule has 2 rings (SSSR count). The van der Waals surface area contributed by atoms with Gasteiger partial charge in [0.15, 0.2) is 0 Å². The minimum atomic E-state index is -0.421. The fourth-order valence-electron chi connectivity index (χ4n) is 1.71. The third-order valence-electron chi connectivity index (χ3n) is 2.65. The fourth-order valence-corrected chi connectivity index (χ4v) is 2.35. The summed E-state index contributed by atoms with van der Waals surface area (Å²) in [5.41, 5.74) is 2.55. The molecule has 0 aliphatic rings. The van der Waals surface area contributed by atoms with Crippen molar-refractivity contribution in [1.29, 1.82) is 0 Å². The van der Waals surface area contributed by atoms with Crippen LogP contribution in [0.5, 0.6) is 5.75 Å². The summed E-state index contributed by atoms with van der Waals surface area (Å²) in [4.78, 5) is 8.37. The summed E-state index contributed by atoms with van der Waals surface area (Å²) in [7, 11) is 1.61. The third kappa shape index (κ3) is 4.86. The molecule has 0 saturated heterocycles. The Morgan fingerprint density at radius 3 is 2.33 bits per heavy atom. The molecule has 0 amide bonds. The van der Waals surface area contributed by atoms with Gasteiger partial charge in [-0.05, 0) is 37.6 Å². The molecule has 0 atom stereocenters. The molecule has 1 radical (unpaired) electrons. The molecule has 0 saturated carbocycles. The number of rotatable bonds is 4. The number of benzene rings is 1. The van der Waals surface area contributed by atoms with Crippen molar-refractivity contribution in [3.8, 4) is 5.75 Å². The van der Waals surface area contributed by atoms with Gasteiger partial charge < -0.3 is 14.6 Å². The zero-order chi connectivity index (χ0) is 15.2. The molecule has 111 valence electrons. The molecule has 0 fully saturated rings. The molecule has 2 aromatic rings. The van der Waals surface area contributed by atoms with Gasteiger partial charge in [0.2, 0.25) is 5.16 Å². The number of hydrogen-bond donors (Lipinski definition) is 0. The van der Waals surface area contributed by atoms with E-state index in [2.05, 4.69) is 9.97 Å². The minimum absolute atomic E-state index is 0.209. The molecule has 6 heteroatoms. The highest BCUT2D eigenvalue weighted by atomic mass is 32.1. The van der Waals surface area contributed by atoms with E-state index in [9.17, 15) is 5.11 Å². The van der Waals surface area contributed by atoms with Gasteiger partial charge >= 0.3 is 0 Å². The number of ether oxygens (including phenoxy) is 2. The van der Waals surface area contributed by atoms with Gasteiger partial charge in [0.05, 0.1) is 13.7 Å². The highest BCUT2D eigenvalue weighted by Crippen LogP contribution is 2.13. The molecule has 1 aromatic carbocycles. The topological polar surface area (TPSA) is 67.3 Å². The summed E-state index contributed by atoms with van der Waals surface area (Å²) >= 11 is 0.891. The minimum Gasteiger partial charge on any atom is -0.800 e. The van der Waals surface area contributed by atoms with E-state index in [0.29, 0.717) is 5.16 Å². The maximum atomic E-state index is 11.8. The van der Waals surface area contributed by atoms with Crippen molar-refractivity contribution in [3.05, 3.63) is 47.3 Å². The Balaban J connectivity index is 1.99. The Labute approximate surface area is 127 Å². The number of aryl methyl sites for hydroxylation is 2. The van der Waals surface area contributed by atoms with Crippen LogP contribution in [0, 0.1) is 13.8 Å². The Kier molecular flexibility index (Phi) is 5.32. The zero-order valence-electron chi connectivity index (χ0n) is 12.1. The number of nitrogens with zero attached hydrogens (tertiary/aromatic N) is 2. The fraction of sp³-hybridized carbons (Fsp3) is 0.267. The second kappa shape index (κ2) is 7.21. The largest absolute Gasteiger partial charge is 0.800 e. The van der Waals surface area contributed by atoms with Crippen molar-refractivity contribution in [2.45, 2.75) is 25.6 Å². The smallest absolute Gasteiger partial charge is 0.210 e. The average molecular weight is 304 g/mol. The molecule has 1 aromatic heterocycles. The van der Waals surface area contributed by atoms with E-state index in [1.165, 1.54) is 0 Å². The van der Waals surface area contributed by atoms with Crippen molar-refractivity contribution < 1.29 is 14.6 Å². The van der Waals surface area contributed by atoms with Crippen molar-refractivity contribution >= 4 is 16.6 Å². The normalized spacial score (nSPS) is 11.5. The van der Waals surface area contributed by atoms with Crippen LogP contribution >= 0.6 is 11.4 Å². The Bertz CT molecular complexity index is 622. The lowest BCUT2D eigenvalue weighted by atomic mass is 10.2. The van der Waals surface area contributed by atoms with Crippen molar-refractivity contribution in [1.82, 2.24) is 9.97 Å². The molecule has 0 unspecified atom stereocenters. The molecule has 0 aliphatic heterocycles. The summed E-state index contributed by atoms with van der Waals surface area (Å²) in [5.74, 6) is 0.767. The van der Waals surface area contributed by atoms with Crippen LogP contribution in [0.15, 0.2) is 35.5 Å². The second-order valence-electron chi connectivity index (χ2n) is 4.42. The first kappa shape index (κ1) is 15.5. The summed E-state index contributed by atoms with van der Waals surface area (Å²) in [5, 5.41) is 11.8. The predicted octanol–water partition coefficient (Wildman–Crippen LogP) is 1.86. The van der Waals surface area contributed by atoms with Crippen LogP contribution in [-0.4, -0.2) is 22.3 Å². The lowest BCUT2D eigenvalue weighted by molar-refractivity contribution is -0.244. The number of hydrogen-bond acceptors (Lipinski definition) is 5. The van der Waals surface area contributed by atoms with Crippen LogP contribution in [0.25, 0.3) is 0 Å². The molecule has 5 nitrogen and oxygen atoms in total. The molecule has 0 aliphatic carbocycles. The van der Waals surface area contributed by atoms with Gasteiger partial charge in [0.25, 0.3) is 0 Å². The van der Waals surface area contributed by atoms with Crippen LogP contribution < -0.4 is 9.84 Å². The van der Waals surface area contributed by atoms with Crippen molar-refractivity contribution in [2.24, 2.45) is 0 Å². The zero-order valence-corrected chi connectivity index (χ0v) is 12.9. The highest BCUT2D eigenvalue weighted by molar-refractivity contribution is 7.97. The van der Waals surface area contributed by atoms with E-state index in [1.807, 2.05) is 44.2 Å². The maximum absolute atomic E-state index is 11.8. The SMILES string of the molecule is COc1ccc(COC([O-])=[S]c2nc(C)cc(C)n2)cc1. The maximum Gasteiger partial charge on any atom is 0.210 e. The van der Waals surface area contributed by atoms with Gasteiger partial charge in [0, 0.05) is 16.6 Å². The van der Waals surface area contributed by atoms with Gasteiger partial charge in [-0.15, -0.1) is 0 Å². The van der Waals surface area contributed by atoms with Gasteiger partial charge in [-0.3, -0.25) is 0 Å². The van der Waals surface area contributed by atoms with Gasteiger partial charge in [0.1, 0.15) is 5.75 Å². The van der Waals surface area contributed by atoms with Crippen molar-refractivity contribution in [3.63, 3.8) is 0 Å². The van der Waals surface area contributed by atoms with Crippen LogP contribution in [0.1, 0.15) is 17.0 Å². The molecule has 0 spiro atoms. The quantitative estimate of drug-likeness (QED) is 0.637. The lowest BCUT2D eigenvalue weighted by Crippen LogP contribution is -2.19. The average Bonchev–Trinajstić information content (AvgIpc) is 2.44. The summed E-state index contributed by atoms with van der Waals surface area (Å²) in [6.07, 6.45) is 0.